The van der Waals surface area contributed by atoms with Crippen LogP contribution in [0.25, 0.3) is 0 Å². The Kier molecular flexibility index (Phi) is 4.25. The van der Waals surface area contributed by atoms with E-state index in [0.29, 0.717) is 24.8 Å². The van der Waals surface area contributed by atoms with Crippen LogP contribution < -0.4 is 5.73 Å². The number of aryl methyl sites for hydroxylation is 1. The summed E-state index contributed by atoms with van der Waals surface area (Å²) < 4.78 is 0. The Labute approximate surface area is 115 Å². The Bertz CT molecular complexity index is 439. The first kappa shape index (κ1) is 14.1. The molecule has 1 aromatic rings. The molecule has 0 bridgehead atoms. The van der Waals surface area contributed by atoms with Crippen LogP contribution in [0.5, 0.6) is 0 Å². The molecule has 19 heavy (non-hydrogen) atoms. The van der Waals surface area contributed by atoms with E-state index in [9.17, 15) is 4.79 Å². The van der Waals surface area contributed by atoms with Gasteiger partial charge in [0.25, 0.3) is 0 Å². The van der Waals surface area contributed by atoms with Crippen molar-refractivity contribution in [3.63, 3.8) is 0 Å². The molecule has 0 spiro atoms. The molecule has 2 atom stereocenters. The molecule has 2 N–H and O–H groups in total. The van der Waals surface area contributed by atoms with Crippen molar-refractivity contribution in [2.75, 3.05) is 13.1 Å². The molecule has 0 aliphatic carbocycles. The zero-order valence-electron chi connectivity index (χ0n) is 12.1. The molecule has 1 aromatic carbocycles. The Hall–Kier alpha value is -1.35. The summed E-state index contributed by atoms with van der Waals surface area (Å²) in [6, 6.07) is 8.16. The lowest BCUT2D eigenvalue weighted by Gasteiger charge is -2.22. The summed E-state index contributed by atoms with van der Waals surface area (Å²) >= 11 is 0. The topological polar surface area (TPSA) is 46.3 Å². The number of rotatable bonds is 4. The lowest BCUT2D eigenvalue weighted by molar-refractivity contribution is -0.128. The van der Waals surface area contributed by atoms with Crippen molar-refractivity contribution < 1.29 is 4.79 Å². The highest BCUT2D eigenvalue weighted by Gasteiger charge is 2.32. The first-order valence-electron chi connectivity index (χ1n) is 7.07. The van der Waals surface area contributed by atoms with Gasteiger partial charge in [0.1, 0.15) is 0 Å². The number of likely N-dealkylation sites (tertiary alicyclic amines) is 1. The van der Waals surface area contributed by atoms with Gasteiger partial charge in [-0.05, 0) is 24.3 Å². The van der Waals surface area contributed by atoms with Crippen LogP contribution in [-0.4, -0.2) is 23.9 Å². The number of nitrogens with two attached hydrogens (primary N) is 1. The zero-order chi connectivity index (χ0) is 14.0. The number of nitrogens with zero attached hydrogens (tertiary/aromatic N) is 1. The lowest BCUT2D eigenvalue weighted by Crippen LogP contribution is -2.33. The van der Waals surface area contributed by atoms with E-state index in [1.165, 1.54) is 5.56 Å². The van der Waals surface area contributed by atoms with Gasteiger partial charge in [-0.2, -0.15) is 0 Å². The quantitative estimate of drug-likeness (QED) is 0.904. The first-order valence-corrected chi connectivity index (χ1v) is 7.07. The van der Waals surface area contributed by atoms with Crippen LogP contribution in [0.2, 0.25) is 0 Å². The van der Waals surface area contributed by atoms with Crippen LogP contribution in [0, 0.1) is 18.8 Å². The molecule has 3 heteroatoms. The number of hydrogen-bond donors (Lipinski definition) is 1. The van der Waals surface area contributed by atoms with Gasteiger partial charge in [0.05, 0.1) is 0 Å². The Morgan fingerprint density at radius 3 is 2.47 bits per heavy atom. The largest absolute Gasteiger partial charge is 0.340 e. The smallest absolute Gasteiger partial charge is 0.222 e. The summed E-state index contributed by atoms with van der Waals surface area (Å²) in [5, 5.41) is 0. The van der Waals surface area contributed by atoms with Crippen LogP contribution in [0.3, 0.4) is 0 Å². The van der Waals surface area contributed by atoms with Crippen molar-refractivity contribution in [3.8, 4) is 0 Å². The van der Waals surface area contributed by atoms with Crippen LogP contribution >= 0.6 is 0 Å². The fourth-order valence-corrected chi connectivity index (χ4v) is 2.58. The standard InChI is InChI=1S/C16H24N2O/c1-11(2)14-8-16(19)18(9-14)10-15(17)13-6-4-12(3)5-7-13/h4-7,11,14-15H,8-10,17H2,1-3H3. The zero-order valence-corrected chi connectivity index (χ0v) is 12.1. The predicted molar refractivity (Wildman–Crippen MR) is 77.6 cm³/mol. The second-order valence-electron chi connectivity index (χ2n) is 6.02. The monoisotopic (exact) mass is 260 g/mol. The molecule has 2 unspecified atom stereocenters. The number of amides is 1. The summed E-state index contributed by atoms with van der Waals surface area (Å²) in [6.45, 7) is 7.91. The summed E-state index contributed by atoms with van der Waals surface area (Å²) in [4.78, 5) is 13.9. The van der Waals surface area contributed by atoms with Crippen molar-refractivity contribution in [1.29, 1.82) is 0 Å². The average Bonchev–Trinajstić information content (AvgIpc) is 2.72. The molecule has 0 radical (unpaired) electrons. The fourth-order valence-electron chi connectivity index (χ4n) is 2.58. The molecular weight excluding hydrogens is 236 g/mol. The molecule has 1 amide bonds. The third-order valence-corrected chi connectivity index (χ3v) is 4.11. The first-order chi connectivity index (χ1) is 8.97. The molecule has 1 saturated heterocycles. The highest BCUT2D eigenvalue weighted by atomic mass is 16.2. The van der Waals surface area contributed by atoms with E-state index in [4.69, 9.17) is 5.73 Å². The number of benzene rings is 1. The second kappa shape index (κ2) is 5.74. The molecule has 1 aliphatic rings. The summed E-state index contributed by atoms with van der Waals surface area (Å²) in [5.41, 5.74) is 8.55. The summed E-state index contributed by atoms with van der Waals surface area (Å²) in [5.74, 6) is 1.29. The number of carbonyl (C=O) groups is 1. The van der Waals surface area contributed by atoms with E-state index in [-0.39, 0.29) is 11.9 Å². The van der Waals surface area contributed by atoms with Crippen molar-refractivity contribution in [2.24, 2.45) is 17.6 Å². The predicted octanol–water partition coefficient (Wildman–Crippen LogP) is 2.50. The van der Waals surface area contributed by atoms with Gasteiger partial charge in [-0.25, -0.2) is 0 Å². The van der Waals surface area contributed by atoms with Crippen LogP contribution in [0.1, 0.15) is 37.4 Å². The molecular formula is C16H24N2O. The van der Waals surface area contributed by atoms with E-state index < -0.39 is 0 Å². The Balaban J connectivity index is 1.97. The van der Waals surface area contributed by atoms with Gasteiger partial charge in [0.2, 0.25) is 5.91 Å². The average molecular weight is 260 g/mol. The van der Waals surface area contributed by atoms with Gasteiger partial charge in [-0.15, -0.1) is 0 Å². The SMILES string of the molecule is Cc1ccc(C(N)CN2CC(C(C)C)CC2=O)cc1. The van der Waals surface area contributed by atoms with Crippen molar-refractivity contribution in [3.05, 3.63) is 35.4 Å². The van der Waals surface area contributed by atoms with Gasteiger partial charge in [0.15, 0.2) is 0 Å². The maximum absolute atomic E-state index is 12.0. The van der Waals surface area contributed by atoms with Crippen molar-refractivity contribution >= 4 is 5.91 Å². The highest BCUT2D eigenvalue weighted by molar-refractivity contribution is 5.78. The van der Waals surface area contributed by atoms with Gasteiger partial charge < -0.3 is 10.6 Å². The number of carbonyl (C=O) groups excluding carboxylic acids is 1. The second-order valence-corrected chi connectivity index (χ2v) is 6.02. The lowest BCUT2D eigenvalue weighted by atomic mass is 9.95. The van der Waals surface area contributed by atoms with Gasteiger partial charge in [-0.1, -0.05) is 43.7 Å². The maximum Gasteiger partial charge on any atom is 0.222 e. The summed E-state index contributed by atoms with van der Waals surface area (Å²) in [6.07, 6.45) is 0.679. The van der Waals surface area contributed by atoms with Gasteiger partial charge in [-0.3, -0.25) is 4.79 Å². The van der Waals surface area contributed by atoms with Crippen LogP contribution in [-0.2, 0) is 4.79 Å². The highest BCUT2D eigenvalue weighted by Crippen LogP contribution is 2.26. The third-order valence-electron chi connectivity index (χ3n) is 4.11. The van der Waals surface area contributed by atoms with E-state index in [1.807, 2.05) is 4.90 Å². The van der Waals surface area contributed by atoms with Gasteiger partial charge >= 0.3 is 0 Å². The van der Waals surface area contributed by atoms with Crippen molar-refractivity contribution in [2.45, 2.75) is 33.2 Å². The Morgan fingerprint density at radius 2 is 1.95 bits per heavy atom. The van der Waals surface area contributed by atoms with Crippen molar-refractivity contribution in [1.82, 2.24) is 4.90 Å². The summed E-state index contributed by atoms with van der Waals surface area (Å²) in [7, 11) is 0. The fraction of sp³-hybridized carbons (Fsp3) is 0.562. The van der Waals surface area contributed by atoms with E-state index >= 15 is 0 Å². The minimum atomic E-state index is -0.0875. The molecule has 2 rings (SSSR count). The molecule has 1 fully saturated rings. The molecule has 0 saturated carbocycles. The number of hydrogen-bond acceptors (Lipinski definition) is 2. The van der Waals surface area contributed by atoms with Gasteiger partial charge in [0, 0.05) is 25.6 Å². The minimum Gasteiger partial charge on any atom is -0.340 e. The van der Waals surface area contributed by atoms with E-state index in [0.717, 1.165) is 12.1 Å². The third kappa shape index (κ3) is 3.35. The molecule has 1 aliphatic heterocycles. The van der Waals surface area contributed by atoms with Crippen LogP contribution in [0.15, 0.2) is 24.3 Å². The Morgan fingerprint density at radius 1 is 1.32 bits per heavy atom. The normalized spacial score (nSPS) is 21.2. The molecule has 104 valence electrons. The van der Waals surface area contributed by atoms with E-state index in [2.05, 4.69) is 45.0 Å². The molecule has 3 nitrogen and oxygen atoms in total. The van der Waals surface area contributed by atoms with E-state index in [1.54, 1.807) is 0 Å². The van der Waals surface area contributed by atoms with Crippen LogP contribution in [0.4, 0.5) is 0 Å². The maximum atomic E-state index is 12.0. The molecule has 0 aromatic heterocycles. The molecule has 1 heterocycles. The minimum absolute atomic E-state index is 0.0875.